The molecule has 4 nitrogen and oxygen atoms in total. The van der Waals surface area contributed by atoms with Gasteiger partial charge in [0.05, 0.1) is 5.69 Å². The van der Waals surface area contributed by atoms with Crippen LogP contribution in [0.4, 0.5) is 16.0 Å². The third kappa shape index (κ3) is 2.68. The second-order valence-electron chi connectivity index (χ2n) is 3.13. The molecule has 0 bridgehead atoms. The Kier molecular flexibility index (Phi) is 3.17. The Balaban J connectivity index is 2.28. The molecule has 0 atom stereocenters. The van der Waals surface area contributed by atoms with Gasteiger partial charge in [0, 0.05) is 11.2 Å². The Morgan fingerprint density at radius 1 is 1.35 bits per heavy atom. The van der Waals surface area contributed by atoms with Gasteiger partial charge in [-0.25, -0.2) is 14.4 Å². The van der Waals surface area contributed by atoms with E-state index in [0.29, 0.717) is 5.02 Å². The fraction of sp³-hybridized carbons (Fsp3) is 0. The number of nitriles is 1. The summed E-state index contributed by atoms with van der Waals surface area (Å²) in [6.45, 7) is 0. The molecule has 0 spiro atoms. The molecule has 17 heavy (non-hydrogen) atoms. The number of rotatable bonds is 2. The molecule has 0 saturated heterocycles. The molecule has 2 aromatic rings. The number of aromatic nitrogens is 2. The molecule has 6 heteroatoms. The third-order valence-electron chi connectivity index (χ3n) is 1.95. The van der Waals surface area contributed by atoms with Crippen LogP contribution in [0.5, 0.6) is 0 Å². The van der Waals surface area contributed by atoms with Crippen molar-refractivity contribution in [1.82, 2.24) is 9.97 Å². The zero-order valence-corrected chi connectivity index (χ0v) is 9.24. The van der Waals surface area contributed by atoms with Gasteiger partial charge in [-0.1, -0.05) is 11.6 Å². The molecule has 0 fully saturated rings. The van der Waals surface area contributed by atoms with Crippen LogP contribution in [0.1, 0.15) is 5.69 Å². The summed E-state index contributed by atoms with van der Waals surface area (Å²) in [6, 6.07) is 7.53. The highest BCUT2D eigenvalue weighted by atomic mass is 35.5. The zero-order chi connectivity index (χ0) is 12.3. The lowest BCUT2D eigenvalue weighted by Gasteiger charge is -2.05. The van der Waals surface area contributed by atoms with E-state index in [1.807, 2.05) is 6.07 Å². The van der Waals surface area contributed by atoms with Crippen molar-refractivity contribution in [1.29, 1.82) is 5.26 Å². The van der Waals surface area contributed by atoms with Crippen LogP contribution >= 0.6 is 11.6 Å². The Morgan fingerprint density at radius 3 is 2.88 bits per heavy atom. The number of nitrogens with one attached hydrogen (secondary N) is 1. The van der Waals surface area contributed by atoms with Crippen molar-refractivity contribution < 1.29 is 4.39 Å². The molecule has 2 rings (SSSR count). The maximum Gasteiger partial charge on any atom is 0.228 e. The smallest absolute Gasteiger partial charge is 0.228 e. The molecule has 84 valence electrons. The third-order valence-corrected chi connectivity index (χ3v) is 2.18. The van der Waals surface area contributed by atoms with Crippen LogP contribution in [-0.4, -0.2) is 9.97 Å². The Bertz CT molecular complexity index is 594. The van der Waals surface area contributed by atoms with Crippen molar-refractivity contribution in [2.75, 3.05) is 5.32 Å². The fourth-order valence-corrected chi connectivity index (χ4v) is 1.35. The van der Waals surface area contributed by atoms with Crippen LogP contribution in [0.2, 0.25) is 5.02 Å². The van der Waals surface area contributed by atoms with E-state index in [1.165, 1.54) is 24.4 Å². The number of anilines is 2. The molecular weight excluding hydrogens is 243 g/mol. The molecule has 0 unspecified atom stereocenters. The van der Waals surface area contributed by atoms with Gasteiger partial charge in [-0.2, -0.15) is 5.26 Å². The molecule has 1 heterocycles. The van der Waals surface area contributed by atoms with Gasteiger partial charge in [-0.15, -0.1) is 0 Å². The Labute approximate surface area is 102 Å². The normalized spacial score (nSPS) is 9.71. The maximum absolute atomic E-state index is 13.5. The summed E-state index contributed by atoms with van der Waals surface area (Å²) >= 11 is 5.63. The monoisotopic (exact) mass is 248 g/mol. The largest absolute Gasteiger partial charge is 0.322 e. The molecule has 0 aliphatic carbocycles. The lowest BCUT2D eigenvalue weighted by molar-refractivity contribution is 0.631. The van der Waals surface area contributed by atoms with E-state index in [0.717, 1.165) is 0 Å². The predicted molar refractivity (Wildman–Crippen MR) is 61.4 cm³/mol. The minimum atomic E-state index is -0.511. The average molecular weight is 249 g/mol. The number of hydrogen-bond donors (Lipinski definition) is 1. The van der Waals surface area contributed by atoms with Crippen molar-refractivity contribution in [3.63, 3.8) is 0 Å². The van der Waals surface area contributed by atoms with E-state index in [2.05, 4.69) is 15.3 Å². The average Bonchev–Trinajstić information content (AvgIpc) is 2.33. The molecule has 0 radical (unpaired) electrons. The minimum Gasteiger partial charge on any atom is -0.322 e. The summed E-state index contributed by atoms with van der Waals surface area (Å²) in [5.41, 5.74) is 0.404. The van der Waals surface area contributed by atoms with E-state index in [9.17, 15) is 4.39 Å². The maximum atomic E-state index is 13.5. The molecule has 0 saturated carbocycles. The van der Waals surface area contributed by atoms with Crippen molar-refractivity contribution in [3.8, 4) is 6.07 Å². The summed E-state index contributed by atoms with van der Waals surface area (Å²) in [4.78, 5) is 7.74. The van der Waals surface area contributed by atoms with E-state index in [4.69, 9.17) is 16.9 Å². The predicted octanol–water partition coefficient (Wildman–Crippen LogP) is 2.88. The van der Waals surface area contributed by atoms with Crippen molar-refractivity contribution in [3.05, 3.63) is 47.0 Å². The molecule has 0 amide bonds. The molecular formula is C11H6ClFN4. The second-order valence-corrected chi connectivity index (χ2v) is 3.56. The molecule has 0 aliphatic rings. The van der Waals surface area contributed by atoms with Crippen LogP contribution in [0, 0.1) is 17.1 Å². The quantitative estimate of drug-likeness (QED) is 0.888. The lowest BCUT2D eigenvalue weighted by Crippen LogP contribution is -1.99. The first kappa shape index (κ1) is 11.3. The highest BCUT2D eigenvalue weighted by molar-refractivity contribution is 6.30. The highest BCUT2D eigenvalue weighted by Gasteiger charge is 2.05. The van der Waals surface area contributed by atoms with Crippen LogP contribution < -0.4 is 5.32 Å². The minimum absolute atomic E-state index is 0.158. The Hall–Kier alpha value is -2.19. The molecule has 1 aromatic carbocycles. The molecule has 1 aromatic heterocycles. The molecule has 0 aliphatic heterocycles. The van der Waals surface area contributed by atoms with Gasteiger partial charge in [-0.3, -0.25) is 0 Å². The number of hydrogen-bond acceptors (Lipinski definition) is 4. The van der Waals surface area contributed by atoms with Gasteiger partial charge in [0.2, 0.25) is 5.95 Å². The zero-order valence-electron chi connectivity index (χ0n) is 8.48. The van der Waals surface area contributed by atoms with Gasteiger partial charge in [0.15, 0.2) is 0 Å². The van der Waals surface area contributed by atoms with Gasteiger partial charge < -0.3 is 5.32 Å². The highest BCUT2D eigenvalue weighted by Crippen LogP contribution is 2.21. The van der Waals surface area contributed by atoms with E-state index >= 15 is 0 Å². The van der Waals surface area contributed by atoms with E-state index in [1.54, 1.807) is 6.07 Å². The van der Waals surface area contributed by atoms with Crippen molar-refractivity contribution >= 4 is 23.2 Å². The summed E-state index contributed by atoms with van der Waals surface area (Å²) < 4.78 is 13.5. The number of nitrogens with zero attached hydrogens (tertiary/aromatic N) is 3. The lowest BCUT2D eigenvalue weighted by atomic mass is 10.3. The first-order chi connectivity index (χ1) is 8.19. The van der Waals surface area contributed by atoms with Crippen molar-refractivity contribution in [2.45, 2.75) is 0 Å². The van der Waals surface area contributed by atoms with Crippen LogP contribution in [0.3, 0.4) is 0 Å². The van der Waals surface area contributed by atoms with Crippen molar-refractivity contribution in [2.24, 2.45) is 0 Å². The van der Waals surface area contributed by atoms with E-state index in [-0.39, 0.29) is 17.3 Å². The standard InChI is InChI=1S/C11H6ClFN4/c12-7-1-2-10(9(13)5-7)17-11-15-4-3-8(6-14)16-11/h1-5H,(H,15,16,17). The number of benzene rings is 1. The first-order valence-electron chi connectivity index (χ1n) is 4.64. The summed E-state index contributed by atoms with van der Waals surface area (Å²) in [6.07, 6.45) is 1.42. The van der Waals surface area contributed by atoms with Gasteiger partial charge >= 0.3 is 0 Å². The fourth-order valence-electron chi connectivity index (χ4n) is 1.19. The van der Waals surface area contributed by atoms with E-state index < -0.39 is 5.82 Å². The van der Waals surface area contributed by atoms with Crippen LogP contribution in [-0.2, 0) is 0 Å². The topological polar surface area (TPSA) is 61.6 Å². The summed E-state index contributed by atoms with van der Waals surface area (Å²) in [5.74, 6) is -0.353. The number of halogens is 2. The van der Waals surface area contributed by atoms with Crippen LogP contribution in [0.15, 0.2) is 30.5 Å². The summed E-state index contributed by atoms with van der Waals surface area (Å²) in [5, 5.41) is 11.6. The first-order valence-corrected chi connectivity index (χ1v) is 5.02. The van der Waals surface area contributed by atoms with Gasteiger partial charge in [0.1, 0.15) is 17.6 Å². The Morgan fingerprint density at radius 2 is 2.18 bits per heavy atom. The van der Waals surface area contributed by atoms with Gasteiger partial charge in [0.25, 0.3) is 0 Å². The van der Waals surface area contributed by atoms with Gasteiger partial charge in [-0.05, 0) is 24.3 Å². The molecule has 1 N–H and O–H groups in total. The summed E-state index contributed by atoms with van der Waals surface area (Å²) in [7, 11) is 0. The SMILES string of the molecule is N#Cc1ccnc(Nc2ccc(Cl)cc2F)n1. The second kappa shape index (κ2) is 4.76. The van der Waals surface area contributed by atoms with Crippen LogP contribution in [0.25, 0.3) is 0 Å².